The molecule has 0 aliphatic carbocycles. The van der Waals surface area contributed by atoms with E-state index in [1.165, 1.54) is 4.90 Å². The Morgan fingerprint density at radius 1 is 0.964 bits per heavy atom. The molecule has 7 nitrogen and oxygen atoms in total. The van der Waals surface area contributed by atoms with Gasteiger partial charge in [-0.3, -0.25) is 9.59 Å². The van der Waals surface area contributed by atoms with Crippen LogP contribution in [0.5, 0.6) is 11.5 Å². The Kier molecular flexibility index (Phi) is 4.07. The van der Waals surface area contributed by atoms with Gasteiger partial charge in [-0.15, -0.1) is 0 Å². The van der Waals surface area contributed by atoms with Gasteiger partial charge in [-0.25, -0.2) is 4.90 Å². The second kappa shape index (κ2) is 6.61. The van der Waals surface area contributed by atoms with Gasteiger partial charge < -0.3 is 18.9 Å². The Balaban J connectivity index is 1.41. The average molecular weight is 381 g/mol. The molecule has 3 aliphatic heterocycles. The van der Waals surface area contributed by atoms with Crippen LogP contribution in [-0.4, -0.2) is 50.4 Å². The van der Waals surface area contributed by atoms with E-state index in [1.54, 1.807) is 30.3 Å². The topological polar surface area (TPSA) is 80.9 Å². The maximum Gasteiger partial charge on any atom is 0.266 e. The number of amides is 2. The van der Waals surface area contributed by atoms with Gasteiger partial charge in [-0.05, 0) is 37.3 Å². The van der Waals surface area contributed by atoms with Crippen LogP contribution in [0.4, 0.5) is 5.69 Å². The summed E-state index contributed by atoms with van der Waals surface area (Å²) in [5.74, 6) is 0.482. The number of nitrogens with zero attached hydrogens (tertiary/aromatic N) is 1. The summed E-state index contributed by atoms with van der Waals surface area (Å²) in [6.45, 7) is 4.13. The van der Waals surface area contributed by atoms with E-state index >= 15 is 0 Å². The summed E-state index contributed by atoms with van der Waals surface area (Å²) in [5, 5.41) is 0. The number of benzene rings is 2. The Labute approximate surface area is 161 Å². The average Bonchev–Trinajstić information content (AvgIpc) is 3.61. The Morgan fingerprint density at radius 3 is 2.36 bits per heavy atom. The first-order valence-electron chi connectivity index (χ1n) is 9.23. The molecule has 2 saturated heterocycles. The Hall–Kier alpha value is -2.90. The predicted molar refractivity (Wildman–Crippen MR) is 99.2 cm³/mol. The largest absolute Gasteiger partial charge is 0.491 e. The second-order valence-corrected chi connectivity index (χ2v) is 7.09. The molecule has 0 saturated carbocycles. The van der Waals surface area contributed by atoms with Crippen molar-refractivity contribution in [2.24, 2.45) is 0 Å². The minimum Gasteiger partial charge on any atom is -0.491 e. The summed E-state index contributed by atoms with van der Waals surface area (Å²) in [5.41, 5.74) is 1.97. The van der Waals surface area contributed by atoms with Crippen LogP contribution in [0.25, 0.3) is 0 Å². The maximum absolute atomic E-state index is 13.0. The summed E-state index contributed by atoms with van der Waals surface area (Å²) in [6.07, 6.45) is 0.246. The highest BCUT2D eigenvalue weighted by Gasteiger charge is 2.38. The molecule has 0 N–H and O–H groups in total. The van der Waals surface area contributed by atoms with Crippen molar-refractivity contribution in [3.63, 3.8) is 0 Å². The number of hydrogen-bond donors (Lipinski definition) is 0. The van der Waals surface area contributed by atoms with Gasteiger partial charge in [0.05, 0.1) is 30.0 Å². The van der Waals surface area contributed by atoms with E-state index in [0.717, 1.165) is 5.56 Å². The SMILES string of the molecule is Cc1c(OCC2CO2)cccc1N1C(=O)c2ccc(OCC3CO3)cc2C1=O. The molecule has 7 heteroatoms. The van der Waals surface area contributed by atoms with Gasteiger partial charge in [0, 0.05) is 5.56 Å². The standard InChI is InChI=1S/C21H19NO6/c1-12-18(3-2-4-19(12)28-11-15-10-27-15)22-20(23)16-6-5-13(7-17(16)21(22)24)25-8-14-9-26-14/h2-7,14-15H,8-11H2,1H3. The van der Waals surface area contributed by atoms with E-state index in [0.29, 0.717) is 54.7 Å². The van der Waals surface area contributed by atoms with Crippen LogP contribution in [0.1, 0.15) is 26.3 Å². The molecule has 2 aromatic carbocycles. The van der Waals surface area contributed by atoms with Crippen molar-refractivity contribution in [2.45, 2.75) is 19.1 Å². The molecule has 3 aliphatic rings. The lowest BCUT2D eigenvalue weighted by Crippen LogP contribution is -2.30. The van der Waals surface area contributed by atoms with Gasteiger partial charge in [0.1, 0.15) is 36.9 Å². The zero-order valence-corrected chi connectivity index (χ0v) is 15.3. The van der Waals surface area contributed by atoms with E-state index in [-0.39, 0.29) is 24.0 Å². The number of epoxide rings is 2. The molecule has 28 heavy (non-hydrogen) atoms. The summed E-state index contributed by atoms with van der Waals surface area (Å²) >= 11 is 0. The number of imide groups is 1. The van der Waals surface area contributed by atoms with Crippen molar-refractivity contribution in [3.05, 3.63) is 53.1 Å². The summed E-state index contributed by atoms with van der Waals surface area (Å²) in [6, 6.07) is 10.3. The van der Waals surface area contributed by atoms with Gasteiger partial charge in [0.2, 0.25) is 0 Å². The molecule has 2 fully saturated rings. The molecule has 0 radical (unpaired) electrons. The first-order valence-corrected chi connectivity index (χ1v) is 9.23. The first kappa shape index (κ1) is 17.2. The molecule has 3 heterocycles. The maximum atomic E-state index is 13.0. The van der Waals surface area contributed by atoms with E-state index < -0.39 is 0 Å². The smallest absolute Gasteiger partial charge is 0.266 e. The van der Waals surface area contributed by atoms with Crippen molar-refractivity contribution in [3.8, 4) is 11.5 Å². The van der Waals surface area contributed by atoms with E-state index in [1.807, 2.05) is 13.0 Å². The molecule has 2 amide bonds. The lowest BCUT2D eigenvalue weighted by Gasteiger charge is -2.19. The fraction of sp³-hybridized carbons (Fsp3) is 0.333. The van der Waals surface area contributed by atoms with Crippen LogP contribution in [0.3, 0.4) is 0 Å². The van der Waals surface area contributed by atoms with Crippen LogP contribution in [0, 0.1) is 6.92 Å². The minimum absolute atomic E-state index is 0.119. The molecular weight excluding hydrogens is 362 g/mol. The molecule has 5 rings (SSSR count). The lowest BCUT2D eigenvalue weighted by atomic mass is 10.1. The first-order chi connectivity index (χ1) is 13.6. The van der Waals surface area contributed by atoms with Crippen molar-refractivity contribution in [2.75, 3.05) is 31.3 Å². The van der Waals surface area contributed by atoms with Gasteiger partial charge in [-0.1, -0.05) is 6.07 Å². The molecule has 2 aromatic rings. The monoisotopic (exact) mass is 381 g/mol. The molecular formula is C21H19NO6. The number of ether oxygens (including phenoxy) is 4. The predicted octanol–water partition coefficient (Wildman–Crippen LogP) is 2.35. The third kappa shape index (κ3) is 3.12. The fourth-order valence-corrected chi connectivity index (χ4v) is 3.23. The number of fused-ring (bicyclic) bond motifs is 1. The number of carbonyl (C=O) groups is 2. The van der Waals surface area contributed by atoms with Gasteiger partial charge >= 0.3 is 0 Å². The third-order valence-corrected chi connectivity index (χ3v) is 5.02. The quantitative estimate of drug-likeness (QED) is 0.541. The van der Waals surface area contributed by atoms with Crippen LogP contribution in [0.2, 0.25) is 0 Å². The van der Waals surface area contributed by atoms with Gasteiger partial charge in [0.25, 0.3) is 11.8 Å². The van der Waals surface area contributed by atoms with E-state index in [2.05, 4.69) is 0 Å². The molecule has 0 bridgehead atoms. The summed E-state index contributed by atoms with van der Waals surface area (Å²) in [4.78, 5) is 27.1. The van der Waals surface area contributed by atoms with E-state index in [4.69, 9.17) is 18.9 Å². The zero-order valence-electron chi connectivity index (χ0n) is 15.3. The Bertz CT molecular complexity index is 963. The lowest BCUT2D eigenvalue weighted by molar-refractivity contribution is 0.0925. The third-order valence-electron chi connectivity index (χ3n) is 5.02. The molecule has 0 spiro atoms. The van der Waals surface area contributed by atoms with Crippen LogP contribution >= 0.6 is 0 Å². The van der Waals surface area contributed by atoms with Crippen molar-refractivity contribution in [1.29, 1.82) is 0 Å². The number of rotatable bonds is 7. The van der Waals surface area contributed by atoms with E-state index in [9.17, 15) is 9.59 Å². The zero-order chi connectivity index (χ0) is 19.3. The fourth-order valence-electron chi connectivity index (χ4n) is 3.23. The summed E-state index contributed by atoms with van der Waals surface area (Å²) < 4.78 is 21.7. The Morgan fingerprint density at radius 2 is 1.64 bits per heavy atom. The van der Waals surface area contributed by atoms with Crippen LogP contribution in [0.15, 0.2) is 36.4 Å². The summed E-state index contributed by atoms with van der Waals surface area (Å²) in [7, 11) is 0. The minimum atomic E-state index is -0.362. The molecule has 0 aromatic heterocycles. The van der Waals surface area contributed by atoms with Crippen LogP contribution < -0.4 is 14.4 Å². The normalized spacial score (nSPS) is 22.2. The highest BCUT2D eigenvalue weighted by atomic mass is 16.6. The van der Waals surface area contributed by atoms with Crippen LogP contribution in [-0.2, 0) is 9.47 Å². The number of anilines is 1. The highest BCUT2D eigenvalue weighted by molar-refractivity contribution is 6.34. The number of hydrogen-bond acceptors (Lipinski definition) is 6. The van der Waals surface area contributed by atoms with Crippen molar-refractivity contribution >= 4 is 17.5 Å². The molecule has 2 atom stereocenters. The second-order valence-electron chi connectivity index (χ2n) is 7.09. The highest BCUT2D eigenvalue weighted by Crippen LogP contribution is 2.36. The van der Waals surface area contributed by atoms with Gasteiger partial charge in [-0.2, -0.15) is 0 Å². The van der Waals surface area contributed by atoms with Gasteiger partial charge in [0.15, 0.2) is 0 Å². The number of carbonyl (C=O) groups excluding carboxylic acids is 2. The van der Waals surface area contributed by atoms with Crippen molar-refractivity contribution in [1.82, 2.24) is 0 Å². The molecule has 144 valence electrons. The molecule has 2 unspecified atom stereocenters. The van der Waals surface area contributed by atoms with Crippen molar-refractivity contribution < 1.29 is 28.5 Å².